The first-order valence-electron chi connectivity index (χ1n) is 6.27. The molecular weight excluding hydrogens is 233 g/mol. The first kappa shape index (κ1) is 13.0. The van der Waals surface area contributed by atoms with E-state index < -0.39 is 0 Å². The van der Waals surface area contributed by atoms with Crippen LogP contribution in [0.3, 0.4) is 0 Å². The van der Waals surface area contributed by atoms with Crippen LogP contribution in [0, 0.1) is 18.7 Å². The highest BCUT2D eigenvalue weighted by Gasteiger charge is 2.35. The van der Waals surface area contributed by atoms with Crippen molar-refractivity contribution in [2.24, 2.45) is 5.92 Å². The van der Waals surface area contributed by atoms with Crippen LogP contribution in [0.4, 0.5) is 4.39 Å². The quantitative estimate of drug-likeness (QED) is 0.835. The Balaban J connectivity index is 2.20. The zero-order valence-electron chi connectivity index (χ0n) is 10.7. The van der Waals surface area contributed by atoms with Gasteiger partial charge < -0.3 is 10.1 Å². The van der Waals surface area contributed by atoms with Gasteiger partial charge in [0.2, 0.25) is 0 Å². The molecule has 0 spiro atoms. The third-order valence-electron chi connectivity index (χ3n) is 3.43. The van der Waals surface area contributed by atoms with Crippen LogP contribution in [0.5, 0.6) is 0 Å². The number of nitrogens with one attached hydrogen (secondary N) is 1. The van der Waals surface area contributed by atoms with Crippen LogP contribution in [-0.2, 0) is 9.53 Å². The molecule has 1 N–H and O–H groups in total. The molecule has 1 fully saturated rings. The molecule has 2 rings (SSSR count). The van der Waals surface area contributed by atoms with Crippen molar-refractivity contribution < 1.29 is 13.9 Å². The SMILES string of the molecule is CCOC(=O)C1CNCC1c1ccc(C)c(F)c1. The summed E-state index contributed by atoms with van der Waals surface area (Å²) in [6, 6.07) is 5.17. The topological polar surface area (TPSA) is 38.3 Å². The van der Waals surface area contributed by atoms with E-state index >= 15 is 0 Å². The Morgan fingerprint density at radius 3 is 2.94 bits per heavy atom. The molecule has 3 nitrogen and oxygen atoms in total. The first-order valence-corrected chi connectivity index (χ1v) is 6.27. The van der Waals surface area contributed by atoms with Crippen LogP contribution in [-0.4, -0.2) is 25.7 Å². The second-order valence-corrected chi connectivity index (χ2v) is 4.63. The summed E-state index contributed by atoms with van der Waals surface area (Å²) in [6.45, 7) is 5.19. The van der Waals surface area contributed by atoms with Crippen molar-refractivity contribution in [1.29, 1.82) is 0 Å². The number of rotatable bonds is 3. The molecule has 1 aromatic carbocycles. The third-order valence-corrected chi connectivity index (χ3v) is 3.43. The molecule has 2 atom stereocenters. The van der Waals surface area contributed by atoms with E-state index in [2.05, 4.69) is 5.32 Å². The van der Waals surface area contributed by atoms with Gasteiger partial charge in [0.05, 0.1) is 12.5 Å². The summed E-state index contributed by atoms with van der Waals surface area (Å²) in [4.78, 5) is 11.8. The summed E-state index contributed by atoms with van der Waals surface area (Å²) < 4.78 is 18.6. The summed E-state index contributed by atoms with van der Waals surface area (Å²) in [5, 5.41) is 3.17. The van der Waals surface area contributed by atoms with Crippen LogP contribution in [0.1, 0.15) is 24.0 Å². The average molecular weight is 251 g/mol. The first-order chi connectivity index (χ1) is 8.63. The summed E-state index contributed by atoms with van der Waals surface area (Å²) in [5.74, 6) is -0.637. The number of carbonyl (C=O) groups is 1. The van der Waals surface area contributed by atoms with Crippen molar-refractivity contribution in [2.75, 3.05) is 19.7 Å². The predicted molar refractivity (Wildman–Crippen MR) is 66.9 cm³/mol. The highest BCUT2D eigenvalue weighted by Crippen LogP contribution is 2.30. The molecule has 4 heteroatoms. The minimum atomic E-state index is -0.220. The molecule has 1 aliphatic heterocycles. The summed E-state index contributed by atoms with van der Waals surface area (Å²) in [7, 11) is 0. The van der Waals surface area contributed by atoms with Gasteiger partial charge in [-0.15, -0.1) is 0 Å². The van der Waals surface area contributed by atoms with Crippen LogP contribution in [0.25, 0.3) is 0 Å². The smallest absolute Gasteiger partial charge is 0.310 e. The number of halogens is 1. The fraction of sp³-hybridized carbons (Fsp3) is 0.500. The van der Waals surface area contributed by atoms with E-state index in [1.807, 2.05) is 6.07 Å². The van der Waals surface area contributed by atoms with Crippen LogP contribution in [0.2, 0.25) is 0 Å². The largest absolute Gasteiger partial charge is 0.466 e. The van der Waals surface area contributed by atoms with Crippen molar-refractivity contribution in [3.8, 4) is 0 Å². The zero-order valence-corrected chi connectivity index (χ0v) is 10.7. The highest BCUT2D eigenvalue weighted by atomic mass is 19.1. The van der Waals surface area contributed by atoms with Crippen molar-refractivity contribution in [2.45, 2.75) is 19.8 Å². The van der Waals surface area contributed by atoms with Crippen LogP contribution >= 0.6 is 0 Å². The van der Waals surface area contributed by atoms with E-state index in [1.54, 1.807) is 19.9 Å². The minimum Gasteiger partial charge on any atom is -0.466 e. The van der Waals surface area contributed by atoms with Gasteiger partial charge in [0.15, 0.2) is 0 Å². The summed E-state index contributed by atoms with van der Waals surface area (Å²) in [5.41, 5.74) is 1.48. The predicted octanol–water partition coefficient (Wildman–Crippen LogP) is 2.00. The second kappa shape index (κ2) is 5.48. The molecule has 1 aromatic rings. The maximum atomic E-state index is 13.6. The second-order valence-electron chi connectivity index (χ2n) is 4.63. The van der Waals surface area contributed by atoms with E-state index in [1.165, 1.54) is 6.07 Å². The fourth-order valence-corrected chi connectivity index (χ4v) is 2.37. The van der Waals surface area contributed by atoms with Gasteiger partial charge in [-0.25, -0.2) is 4.39 Å². The molecule has 1 heterocycles. The lowest BCUT2D eigenvalue weighted by Gasteiger charge is -2.17. The van der Waals surface area contributed by atoms with E-state index in [0.717, 1.165) is 5.56 Å². The minimum absolute atomic E-state index is 0.000787. The van der Waals surface area contributed by atoms with Gasteiger partial charge in [0.1, 0.15) is 5.82 Å². The Morgan fingerprint density at radius 1 is 1.50 bits per heavy atom. The number of aryl methyl sites for hydroxylation is 1. The maximum absolute atomic E-state index is 13.6. The molecule has 0 radical (unpaired) electrons. The Hall–Kier alpha value is -1.42. The van der Waals surface area contributed by atoms with Gasteiger partial charge in [0, 0.05) is 19.0 Å². The van der Waals surface area contributed by atoms with Gasteiger partial charge in [-0.2, -0.15) is 0 Å². The Labute approximate surface area is 106 Å². The number of carbonyl (C=O) groups excluding carboxylic acids is 1. The van der Waals surface area contributed by atoms with Gasteiger partial charge in [-0.05, 0) is 31.0 Å². The Bertz CT molecular complexity index is 447. The molecule has 0 bridgehead atoms. The van der Waals surface area contributed by atoms with Crippen molar-refractivity contribution in [1.82, 2.24) is 5.32 Å². The molecule has 2 unspecified atom stereocenters. The van der Waals surface area contributed by atoms with Crippen LogP contribution < -0.4 is 5.32 Å². The molecule has 1 saturated heterocycles. The molecule has 0 aromatic heterocycles. The standard InChI is InChI=1S/C14H18FNO2/c1-3-18-14(17)12-8-16-7-11(12)10-5-4-9(2)13(15)6-10/h4-6,11-12,16H,3,7-8H2,1-2H3. The number of esters is 1. The van der Waals surface area contributed by atoms with Crippen molar-refractivity contribution >= 4 is 5.97 Å². The summed E-state index contributed by atoms with van der Waals surface area (Å²) in [6.07, 6.45) is 0. The Kier molecular flexibility index (Phi) is 3.97. The zero-order chi connectivity index (χ0) is 13.1. The van der Waals surface area contributed by atoms with Crippen LogP contribution in [0.15, 0.2) is 18.2 Å². The normalized spacial score (nSPS) is 23.1. The fourth-order valence-electron chi connectivity index (χ4n) is 2.37. The van der Waals surface area contributed by atoms with E-state index in [4.69, 9.17) is 4.74 Å². The summed E-state index contributed by atoms with van der Waals surface area (Å²) >= 11 is 0. The molecule has 0 saturated carbocycles. The monoisotopic (exact) mass is 251 g/mol. The molecule has 1 aliphatic rings. The maximum Gasteiger partial charge on any atom is 0.310 e. The molecular formula is C14H18FNO2. The van der Waals surface area contributed by atoms with Gasteiger partial charge in [0.25, 0.3) is 0 Å². The molecule has 0 amide bonds. The number of hydrogen-bond acceptors (Lipinski definition) is 3. The third kappa shape index (κ3) is 2.53. The van der Waals surface area contributed by atoms with Gasteiger partial charge >= 0.3 is 5.97 Å². The average Bonchev–Trinajstić information content (AvgIpc) is 2.82. The number of hydrogen-bond donors (Lipinski definition) is 1. The number of ether oxygens (including phenoxy) is 1. The van der Waals surface area contributed by atoms with Gasteiger partial charge in [-0.1, -0.05) is 12.1 Å². The lowest BCUT2D eigenvalue weighted by molar-refractivity contribution is -0.147. The lowest BCUT2D eigenvalue weighted by atomic mass is 9.88. The van der Waals surface area contributed by atoms with E-state index in [9.17, 15) is 9.18 Å². The Morgan fingerprint density at radius 2 is 2.28 bits per heavy atom. The molecule has 0 aliphatic carbocycles. The highest BCUT2D eigenvalue weighted by molar-refractivity contribution is 5.74. The van der Waals surface area contributed by atoms with E-state index in [-0.39, 0.29) is 23.6 Å². The van der Waals surface area contributed by atoms with Crippen molar-refractivity contribution in [3.63, 3.8) is 0 Å². The van der Waals surface area contributed by atoms with E-state index in [0.29, 0.717) is 25.3 Å². The van der Waals surface area contributed by atoms with Crippen molar-refractivity contribution in [3.05, 3.63) is 35.1 Å². The molecule has 18 heavy (non-hydrogen) atoms. The lowest BCUT2D eigenvalue weighted by Crippen LogP contribution is -2.24. The number of benzene rings is 1. The van der Waals surface area contributed by atoms with Gasteiger partial charge in [-0.3, -0.25) is 4.79 Å². The molecule has 98 valence electrons.